The summed E-state index contributed by atoms with van der Waals surface area (Å²) in [6.45, 7) is 14.0. The average molecular weight is 194 g/mol. The predicted molar refractivity (Wildman–Crippen MR) is 39.0 cm³/mol. The molecule has 0 aromatic rings. The third kappa shape index (κ3) is 355. The van der Waals surface area contributed by atoms with Crippen LogP contribution >= 0.6 is 0 Å². The van der Waals surface area contributed by atoms with E-state index in [9.17, 15) is 0 Å². The summed E-state index contributed by atoms with van der Waals surface area (Å²) in [4.78, 5) is 0. The number of hydrogen-bond donors (Lipinski definition) is 1. The minimum absolute atomic E-state index is 0. The normalized spacial score (nSPS) is 2.00. The third-order valence-electron chi connectivity index (χ3n) is 0. The van der Waals surface area contributed by atoms with E-state index in [1.54, 1.807) is 0 Å². The first kappa shape index (κ1) is 37.1. The Morgan fingerprint density at radius 3 is 0.750 bits per heavy atom. The van der Waals surface area contributed by atoms with Crippen molar-refractivity contribution >= 4 is 0 Å². The van der Waals surface area contributed by atoms with Crippen molar-refractivity contribution in [2.75, 3.05) is 0 Å². The largest absolute Gasteiger partial charge is 0.344 e. The van der Waals surface area contributed by atoms with Crippen molar-refractivity contribution in [3.05, 3.63) is 13.2 Å². The molecule has 51 valence electrons. The molecule has 2 heteroatoms. The summed E-state index contributed by atoms with van der Waals surface area (Å²) in [5.74, 6) is 0. The Kier molecular flexibility index (Phi) is 2590. The molecule has 0 spiro atoms. The van der Waals surface area contributed by atoms with Crippen LogP contribution in [0.1, 0.15) is 27.7 Å². The molecule has 0 rings (SSSR count). The van der Waals surface area contributed by atoms with Gasteiger partial charge >= 0.3 is 0 Å². The van der Waals surface area contributed by atoms with Gasteiger partial charge in [0.2, 0.25) is 0 Å². The maximum atomic E-state index is 3.00. The maximum Gasteiger partial charge on any atom is 0 e. The van der Waals surface area contributed by atoms with Crippen LogP contribution in [-0.4, -0.2) is 0 Å². The fraction of sp³-hybridized carbons (Fsp3) is 0.667. The zero-order chi connectivity index (χ0) is 6.00. The molecule has 0 unspecified atom stereocenters. The van der Waals surface area contributed by atoms with Gasteiger partial charge in [-0.25, -0.2) is 0 Å². The van der Waals surface area contributed by atoms with E-state index in [-0.39, 0.29) is 38.9 Å². The van der Waals surface area contributed by atoms with Crippen molar-refractivity contribution in [2.24, 2.45) is 0 Å². The Morgan fingerprint density at radius 1 is 0.750 bits per heavy atom. The van der Waals surface area contributed by atoms with Gasteiger partial charge in [-0.15, -0.1) is 13.2 Å². The standard InChI is InChI=1S/2C2H6.C2H4.H3N.Y/c3*1-2;;/h2*1-2H3;1-2H2;1H3;. The van der Waals surface area contributed by atoms with E-state index in [4.69, 9.17) is 0 Å². The van der Waals surface area contributed by atoms with Gasteiger partial charge < -0.3 is 6.15 Å². The van der Waals surface area contributed by atoms with Crippen LogP contribution in [0, 0.1) is 0 Å². The zero-order valence-electron chi connectivity index (χ0n) is 6.70. The Morgan fingerprint density at radius 2 is 0.750 bits per heavy atom. The first-order valence-corrected chi connectivity index (χ1v) is 2.50. The van der Waals surface area contributed by atoms with Crippen LogP contribution in [0.4, 0.5) is 0 Å². The zero-order valence-corrected chi connectivity index (χ0v) is 9.54. The van der Waals surface area contributed by atoms with Gasteiger partial charge in [0, 0.05) is 32.7 Å². The van der Waals surface area contributed by atoms with Gasteiger partial charge in [-0.05, 0) is 0 Å². The van der Waals surface area contributed by atoms with Crippen LogP contribution in [0.25, 0.3) is 0 Å². The molecule has 0 saturated heterocycles. The van der Waals surface area contributed by atoms with Crippen LogP contribution in [0.15, 0.2) is 13.2 Å². The smallest absolute Gasteiger partial charge is 0 e. The fourth-order valence-corrected chi connectivity index (χ4v) is 0. The van der Waals surface area contributed by atoms with Gasteiger partial charge in [0.15, 0.2) is 0 Å². The average Bonchev–Trinajstić information content (AvgIpc) is 1.81. The summed E-state index contributed by atoms with van der Waals surface area (Å²) >= 11 is 0. The van der Waals surface area contributed by atoms with Crippen molar-refractivity contribution in [2.45, 2.75) is 27.7 Å². The van der Waals surface area contributed by atoms with E-state index in [1.165, 1.54) is 0 Å². The Labute approximate surface area is 79.4 Å². The number of hydrogen-bond acceptors (Lipinski definition) is 1. The Bertz CT molecular complexity index is 8.49. The van der Waals surface area contributed by atoms with Crippen molar-refractivity contribution in [1.29, 1.82) is 0 Å². The molecule has 0 aliphatic heterocycles. The first-order valence-electron chi connectivity index (χ1n) is 2.50. The van der Waals surface area contributed by atoms with E-state index >= 15 is 0 Å². The third-order valence-corrected chi connectivity index (χ3v) is 0. The Hall–Kier alpha value is 0.804. The van der Waals surface area contributed by atoms with Gasteiger partial charge in [-0.3, -0.25) is 0 Å². The fourth-order valence-electron chi connectivity index (χ4n) is 0. The minimum atomic E-state index is 0. The van der Waals surface area contributed by atoms with Gasteiger partial charge in [0.25, 0.3) is 0 Å². The molecule has 1 radical (unpaired) electrons. The van der Waals surface area contributed by atoms with Crippen LogP contribution in [0.3, 0.4) is 0 Å². The van der Waals surface area contributed by atoms with E-state index in [0.29, 0.717) is 0 Å². The number of rotatable bonds is 0. The SMILES string of the molecule is C=C.CC.CC.N.[Y]. The second kappa shape index (κ2) is 559. The molecule has 1 nitrogen and oxygen atoms in total. The molecular formula is C6H19NY. The van der Waals surface area contributed by atoms with E-state index in [0.717, 1.165) is 0 Å². The van der Waals surface area contributed by atoms with Crippen molar-refractivity contribution in [3.63, 3.8) is 0 Å². The van der Waals surface area contributed by atoms with Crippen LogP contribution in [-0.2, 0) is 32.7 Å². The monoisotopic (exact) mass is 194 g/mol. The quantitative estimate of drug-likeness (QED) is 0.591. The van der Waals surface area contributed by atoms with Gasteiger partial charge in [0.05, 0.1) is 0 Å². The molecule has 0 fully saturated rings. The van der Waals surface area contributed by atoms with Crippen LogP contribution < -0.4 is 6.15 Å². The first-order chi connectivity index (χ1) is 3.00. The van der Waals surface area contributed by atoms with E-state index in [1.807, 2.05) is 27.7 Å². The summed E-state index contributed by atoms with van der Waals surface area (Å²) in [6.07, 6.45) is 0. The van der Waals surface area contributed by atoms with Gasteiger partial charge in [-0.1, -0.05) is 27.7 Å². The summed E-state index contributed by atoms with van der Waals surface area (Å²) in [7, 11) is 0. The topological polar surface area (TPSA) is 35.0 Å². The molecule has 0 saturated carbocycles. The summed E-state index contributed by atoms with van der Waals surface area (Å²) < 4.78 is 0. The minimum Gasteiger partial charge on any atom is -0.344 e. The Balaban J connectivity index is -0.00000000500. The van der Waals surface area contributed by atoms with Crippen molar-refractivity contribution in [1.82, 2.24) is 6.15 Å². The molecule has 0 bridgehead atoms. The molecule has 8 heavy (non-hydrogen) atoms. The second-order valence-electron chi connectivity index (χ2n) is 0. The second-order valence-corrected chi connectivity index (χ2v) is 0. The summed E-state index contributed by atoms with van der Waals surface area (Å²) in [6, 6.07) is 0. The van der Waals surface area contributed by atoms with Crippen LogP contribution in [0.2, 0.25) is 0 Å². The van der Waals surface area contributed by atoms with E-state index < -0.39 is 0 Å². The maximum absolute atomic E-state index is 3.00. The van der Waals surface area contributed by atoms with Crippen molar-refractivity contribution in [3.8, 4) is 0 Å². The van der Waals surface area contributed by atoms with Crippen molar-refractivity contribution < 1.29 is 32.7 Å². The molecular weight excluding hydrogens is 175 g/mol. The summed E-state index contributed by atoms with van der Waals surface area (Å²) in [5.41, 5.74) is 0. The predicted octanol–water partition coefficient (Wildman–Crippen LogP) is 3.01. The summed E-state index contributed by atoms with van der Waals surface area (Å²) in [5, 5.41) is 0. The van der Waals surface area contributed by atoms with E-state index in [2.05, 4.69) is 13.2 Å². The van der Waals surface area contributed by atoms with Crippen LogP contribution in [0.5, 0.6) is 0 Å². The molecule has 0 atom stereocenters. The van der Waals surface area contributed by atoms with Gasteiger partial charge in [0.1, 0.15) is 0 Å². The molecule has 0 heterocycles. The molecule has 0 aliphatic rings. The molecule has 0 aromatic heterocycles. The molecule has 0 aromatic carbocycles. The molecule has 0 amide bonds. The molecule has 3 N–H and O–H groups in total. The van der Waals surface area contributed by atoms with Gasteiger partial charge in [-0.2, -0.15) is 0 Å². The molecule has 0 aliphatic carbocycles.